The zero-order valence-electron chi connectivity index (χ0n) is 10.6. The first-order valence-corrected chi connectivity index (χ1v) is 6.73. The number of hydrogen-bond acceptors (Lipinski definition) is 3. The van der Waals surface area contributed by atoms with Crippen LogP contribution >= 0.6 is 11.6 Å². The number of nitrogens with zero attached hydrogens (tertiary/aromatic N) is 1. The topological polar surface area (TPSA) is 78.9 Å². The molecule has 1 aromatic rings. The number of nitrogens with one attached hydrogen (secondary N) is 1. The van der Waals surface area contributed by atoms with Crippen LogP contribution in [0.4, 0.5) is 5.69 Å². The van der Waals surface area contributed by atoms with Gasteiger partial charge in [-0.3, -0.25) is 4.79 Å². The Morgan fingerprint density at radius 2 is 2.05 bits per heavy atom. The second-order valence-electron chi connectivity index (χ2n) is 4.98. The molecule has 2 rings (SSSR count). The highest BCUT2D eigenvalue weighted by Crippen LogP contribution is 2.28. The molecule has 3 N–H and O–H groups in total. The van der Waals surface area contributed by atoms with Crippen LogP contribution in [0.5, 0.6) is 0 Å². The number of nitriles is 1. The van der Waals surface area contributed by atoms with Gasteiger partial charge >= 0.3 is 0 Å². The maximum absolute atomic E-state index is 12.2. The van der Waals surface area contributed by atoms with Gasteiger partial charge in [-0.25, -0.2) is 0 Å². The van der Waals surface area contributed by atoms with Gasteiger partial charge in [0.25, 0.3) is 0 Å². The Bertz CT molecular complexity index is 530. The van der Waals surface area contributed by atoms with E-state index in [4.69, 9.17) is 22.6 Å². The summed E-state index contributed by atoms with van der Waals surface area (Å²) < 4.78 is 0. The van der Waals surface area contributed by atoms with Crippen molar-refractivity contribution in [2.75, 3.05) is 5.32 Å². The molecular weight excluding hydrogens is 262 g/mol. The summed E-state index contributed by atoms with van der Waals surface area (Å²) in [6, 6.07) is 6.80. The van der Waals surface area contributed by atoms with Crippen LogP contribution < -0.4 is 11.1 Å². The van der Waals surface area contributed by atoms with E-state index >= 15 is 0 Å². The third-order valence-corrected chi connectivity index (χ3v) is 3.86. The Morgan fingerprint density at radius 1 is 1.37 bits per heavy atom. The molecular formula is C14H16ClN3O. The number of nitrogens with two attached hydrogens (primary N) is 1. The summed E-state index contributed by atoms with van der Waals surface area (Å²) in [5, 5.41) is 11.9. The lowest BCUT2D eigenvalue weighted by Crippen LogP contribution is -2.52. The largest absolute Gasteiger partial charge is 0.324 e. The van der Waals surface area contributed by atoms with Crippen LogP contribution in [-0.2, 0) is 4.79 Å². The molecule has 19 heavy (non-hydrogen) atoms. The van der Waals surface area contributed by atoms with Crippen molar-refractivity contribution in [3.05, 3.63) is 28.8 Å². The maximum atomic E-state index is 12.2. The van der Waals surface area contributed by atoms with Crippen molar-refractivity contribution >= 4 is 23.2 Å². The molecule has 5 heteroatoms. The van der Waals surface area contributed by atoms with Gasteiger partial charge in [-0.05, 0) is 31.0 Å². The van der Waals surface area contributed by atoms with E-state index in [-0.39, 0.29) is 5.91 Å². The smallest absolute Gasteiger partial charge is 0.244 e. The fourth-order valence-electron chi connectivity index (χ4n) is 2.35. The quantitative estimate of drug-likeness (QED) is 0.872. The Kier molecular flexibility index (Phi) is 4.08. The zero-order valence-corrected chi connectivity index (χ0v) is 11.3. The molecule has 0 saturated heterocycles. The first-order chi connectivity index (χ1) is 9.05. The number of amides is 1. The fraction of sp³-hybridized carbons (Fsp3) is 0.429. The summed E-state index contributed by atoms with van der Waals surface area (Å²) in [6.45, 7) is 0. The molecule has 0 atom stereocenters. The van der Waals surface area contributed by atoms with Gasteiger partial charge < -0.3 is 11.1 Å². The molecule has 1 aliphatic rings. The van der Waals surface area contributed by atoms with Crippen LogP contribution in [0.15, 0.2) is 18.2 Å². The molecule has 1 aliphatic carbocycles. The maximum Gasteiger partial charge on any atom is 0.244 e. The van der Waals surface area contributed by atoms with Crippen molar-refractivity contribution in [1.82, 2.24) is 0 Å². The lowest BCUT2D eigenvalue weighted by Gasteiger charge is -2.31. The Morgan fingerprint density at radius 3 is 2.63 bits per heavy atom. The van der Waals surface area contributed by atoms with Crippen molar-refractivity contribution in [3.63, 3.8) is 0 Å². The second kappa shape index (κ2) is 5.60. The van der Waals surface area contributed by atoms with Gasteiger partial charge in [0.2, 0.25) is 5.91 Å². The van der Waals surface area contributed by atoms with E-state index in [0.29, 0.717) is 29.1 Å². The summed E-state index contributed by atoms with van der Waals surface area (Å²) >= 11 is 5.93. The Labute approximate surface area is 117 Å². The molecule has 100 valence electrons. The molecule has 0 spiro atoms. The number of carbonyl (C=O) groups is 1. The molecule has 1 aromatic carbocycles. The van der Waals surface area contributed by atoms with E-state index in [1.807, 2.05) is 6.07 Å². The number of rotatable bonds is 2. The van der Waals surface area contributed by atoms with Crippen LogP contribution in [0.3, 0.4) is 0 Å². The van der Waals surface area contributed by atoms with E-state index < -0.39 is 5.54 Å². The molecule has 0 heterocycles. The average Bonchev–Trinajstić information content (AvgIpc) is 2.40. The van der Waals surface area contributed by atoms with E-state index in [1.54, 1.807) is 18.2 Å². The van der Waals surface area contributed by atoms with Gasteiger partial charge in [-0.2, -0.15) is 5.26 Å². The highest BCUT2D eigenvalue weighted by Gasteiger charge is 2.35. The second-order valence-corrected chi connectivity index (χ2v) is 5.38. The van der Waals surface area contributed by atoms with Gasteiger partial charge in [0.1, 0.15) is 6.07 Å². The molecule has 0 radical (unpaired) electrons. The molecule has 0 unspecified atom stereocenters. The average molecular weight is 278 g/mol. The SMILES string of the molecule is N#Cc1ccc(NC(=O)C2(N)CCCCC2)cc1Cl. The lowest BCUT2D eigenvalue weighted by atomic mass is 9.82. The number of carbonyl (C=O) groups excluding carboxylic acids is 1. The van der Waals surface area contributed by atoms with Gasteiger partial charge in [0.15, 0.2) is 0 Å². The normalized spacial score (nSPS) is 17.5. The highest BCUT2D eigenvalue weighted by molar-refractivity contribution is 6.32. The van der Waals surface area contributed by atoms with Crippen LogP contribution in [0.25, 0.3) is 0 Å². The first-order valence-electron chi connectivity index (χ1n) is 6.35. The molecule has 1 amide bonds. The molecule has 4 nitrogen and oxygen atoms in total. The minimum absolute atomic E-state index is 0.173. The van der Waals surface area contributed by atoms with Crippen molar-refractivity contribution in [2.45, 2.75) is 37.6 Å². The van der Waals surface area contributed by atoms with Crippen LogP contribution in [-0.4, -0.2) is 11.4 Å². The minimum atomic E-state index is -0.779. The summed E-state index contributed by atoms with van der Waals surface area (Å²) in [4.78, 5) is 12.2. The summed E-state index contributed by atoms with van der Waals surface area (Å²) in [6.07, 6.45) is 4.52. The van der Waals surface area contributed by atoms with Crippen LogP contribution in [0.2, 0.25) is 5.02 Å². The Balaban J connectivity index is 2.10. The Hall–Kier alpha value is -1.57. The van der Waals surface area contributed by atoms with E-state index in [1.165, 1.54) is 0 Å². The number of benzene rings is 1. The van der Waals surface area contributed by atoms with Gasteiger partial charge in [0, 0.05) is 5.69 Å². The van der Waals surface area contributed by atoms with Crippen molar-refractivity contribution in [2.24, 2.45) is 5.73 Å². The fourth-order valence-corrected chi connectivity index (χ4v) is 2.57. The predicted octanol–water partition coefficient (Wildman–Crippen LogP) is 2.81. The van der Waals surface area contributed by atoms with E-state index in [2.05, 4.69) is 5.32 Å². The molecule has 1 saturated carbocycles. The molecule has 0 bridgehead atoms. The lowest BCUT2D eigenvalue weighted by molar-refractivity contribution is -0.122. The summed E-state index contributed by atoms with van der Waals surface area (Å²) in [5.41, 5.74) is 6.33. The monoisotopic (exact) mass is 277 g/mol. The number of hydrogen-bond donors (Lipinski definition) is 2. The molecule has 0 aromatic heterocycles. The van der Waals surface area contributed by atoms with Gasteiger partial charge in [-0.15, -0.1) is 0 Å². The van der Waals surface area contributed by atoms with E-state index in [9.17, 15) is 4.79 Å². The van der Waals surface area contributed by atoms with Crippen LogP contribution in [0, 0.1) is 11.3 Å². The van der Waals surface area contributed by atoms with Crippen molar-refractivity contribution in [3.8, 4) is 6.07 Å². The van der Waals surface area contributed by atoms with Crippen molar-refractivity contribution < 1.29 is 4.79 Å². The first kappa shape index (κ1) is 13.9. The summed E-state index contributed by atoms with van der Waals surface area (Å²) in [5.74, 6) is -0.173. The molecule has 1 fully saturated rings. The van der Waals surface area contributed by atoms with Gasteiger partial charge in [-0.1, -0.05) is 30.9 Å². The van der Waals surface area contributed by atoms with E-state index in [0.717, 1.165) is 19.3 Å². The van der Waals surface area contributed by atoms with Crippen molar-refractivity contribution in [1.29, 1.82) is 5.26 Å². The highest BCUT2D eigenvalue weighted by atomic mass is 35.5. The standard InChI is InChI=1S/C14H16ClN3O/c15-12-8-11(5-4-10(12)9-16)18-13(19)14(17)6-2-1-3-7-14/h4-5,8H,1-3,6-7,17H2,(H,18,19). The zero-order chi connectivity index (χ0) is 13.9. The number of halogens is 1. The van der Waals surface area contributed by atoms with Crippen LogP contribution in [0.1, 0.15) is 37.7 Å². The number of anilines is 1. The summed E-state index contributed by atoms with van der Waals surface area (Å²) in [7, 11) is 0. The van der Waals surface area contributed by atoms with Gasteiger partial charge in [0.05, 0.1) is 16.1 Å². The third-order valence-electron chi connectivity index (χ3n) is 3.55. The third kappa shape index (κ3) is 3.06. The molecule has 0 aliphatic heterocycles. The minimum Gasteiger partial charge on any atom is -0.324 e. The predicted molar refractivity (Wildman–Crippen MR) is 74.8 cm³/mol.